The molecule has 0 spiro atoms. The Hall–Kier alpha value is -3.42. The van der Waals surface area contributed by atoms with Crippen molar-refractivity contribution in [2.75, 3.05) is 0 Å². The average Bonchev–Trinajstić information content (AvgIpc) is 2.95. The molecule has 2 aromatic heterocycles. The lowest BCUT2D eigenvalue weighted by molar-refractivity contribution is -0.138. The van der Waals surface area contributed by atoms with Crippen LogP contribution in [0.2, 0.25) is 0 Å². The van der Waals surface area contributed by atoms with Crippen LogP contribution in [0.5, 0.6) is 0 Å². The summed E-state index contributed by atoms with van der Waals surface area (Å²) in [6.45, 7) is 0. The minimum Gasteiger partial charge on any atom is -0.481 e. The van der Waals surface area contributed by atoms with E-state index in [1.165, 1.54) is 0 Å². The number of carbonyl (C=O) groups is 3. The number of benzene rings is 1. The first-order chi connectivity index (χ1) is 11.5. The minimum atomic E-state index is -1.08. The summed E-state index contributed by atoms with van der Waals surface area (Å²) in [6, 6.07) is 9.30. The molecular weight excluding hydrogens is 312 g/mol. The number of H-pyrrole nitrogens is 1. The van der Waals surface area contributed by atoms with Crippen molar-refractivity contribution in [2.24, 2.45) is 0 Å². The van der Waals surface area contributed by atoms with E-state index in [-0.39, 0.29) is 18.5 Å². The maximum atomic E-state index is 12.1. The number of aliphatic carboxylic acids is 1. The summed E-state index contributed by atoms with van der Waals surface area (Å²) >= 11 is 0. The maximum absolute atomic E-state index is 12.1. The SMILES string of the molecule is O=C(O)CCC(=O)NNC(=O)c1cc2c(cn1)[nH]c1ccccc12. The lowest BCUT2D eigenvalue weighted by atomic mass is 10.1. The second-order valence-corrected chi connectivity index (χ2v) is 5.18. The fourth-order valence-electron chi connectivity index (χ4n) is 2.35. The van der Waals surface area contributed by atoms with Crippen LogP contribution in [0.3, 0.4) is 0 Å². The summed E-state index contributed by atoms with van der Waals surface area (Å²) in [5, 5.41) is 10.3. The standard InChI is InChI=1S/C16H14N4O4/c21-14(5-6-15(22)23)19-20-16(24)12-7-10-9-3-1-2-4-11(9)18-13(10)8-17-12/h1-4,7-8,18H,5-6H2,(H,19,21)(H,20,24)(H,22,23). The number of hydrogen-bond donors (Lipinski definition) is 4. The van der Waals surface area contributed by atoms with E-state index in [9.17, 15) is 14.4 Å². The van der Waals surface area contributed by atoms with Crippen molar-refractivity contribution in [1.82, 2.24) is 20.8 Å². The number of aromatic nitrogens is 2. The van der Waals surface area contributed by atoms with Crippen LogP contribution in [0, 0.1) is 0 Å². The first-order valence-electron chi connectivity index (χ1n) is 7.22. The summed E-state index contributed by atoms with van der Waals surface area (Å²) in [5.74, 6) is -2.24. The van der Waals surface area contributed by atoms with Gasteiger partial charge in [0.1, 0.15) is 5.69 Å². The average molecular weight is 326 g/mol. The molecule has 0 aliphatic heterocycles. The van der Waals surface area contributed by atoms with Crippen molar-refractivity contribution < 1.29 is 19.5 Å². The lowest BCUT2D eigenvalue weighted by Crippen LogP contribution is -2.42. The van der Waals surface area contributed by atoms with E-state index in [2.05, 4.69) is 20.8 Å². The topological polar surface area (TPSA) is 124 Å². The molecule has 0 aliphatic carbocycles. The summed E-state index contributed by atoms with van der Waals surface area (Å²) in [5.41, 5.74) is 6.28. The van der Waals surface area contributed by atoms with E-state index in [1.54, 1.807) is 12.3 Å². The zero-order valence-electron chi connectivity index (χ0n) is 12.5. The van der Waals surface area contributed by atoms with Gasteiger partial charge in [-0.2, -0.15) is 0 Å². The van der Waals surface area contributed by atoms with Crippen LogP contribution in [0.1, 0.15) is 23.3 Å². The van der Waals surface area contributed by atoms with Crippen molar-refractivity contribution >= 4 is 39.6 Å². The van der Waals surface area contributed by atoms with Crippen LogP contribution in [0.4, 0.5) is 0 Å². The Morgan fingerprint density at radius 1 is 1.04 bits per heavy atom. The molecule has 122 valence electrons. The number of pyridine rings is 1. The van der Waals surface area contributed by atoms with Crippen molar-refractivity contribution in [3.8, 4) is 0 Å². The van der Waals surface area contributed by atoms with Gasteiger partial charge in [-0.3, -0.25) is 25.2 Å². The van der Waals surface area contributed by atoms with Crippen molar-refractivity contribution in [2.45, 2.75) is 12.8 Å². The molecule has 4 N–H and O–H groups in total. The Bertz CT molecular complexity index is 948. The first kappa shape index (κ1) is 15.5. The third-order valence-corrected chi connectivity index (χ3v) is 3.50. The number of fused-ring (bicyclic) bond motifs is 3. The van der Waals surface area contributed by atoms with Gasteiger partial charge in [-0.1, -0.05) is 18.2 Å². The van der Waals surface area contributed by atoms with Crippen molar-refractivity contribution in [3.63, 3.8) is 0 Å². The number of nitrogens with one attached hydrogen (secondary N) is 3. The van der Waals surface area contributed by atoms with Crippen LogP contribution < -0.4 is 10.9 Å². The van der Waals surface area contributed by atoms with Crippen LogP contribution in [0.25, 0.3) is 21.8 Å². The molecule has 0 aliphatic rings. The molecule has 24 heavy (non-hydrogen) atoms. The largest absolute Gasteiger partial charge is 0.481 e. The van der Waals surface area contributed by atoms with Gasteiger partial charge in [-0.25, -0.2) is 4.98 Å². The van der Waals surface area contributed by atoms with Gasteiger partial charge in [0, 0.05) is 22.7 Å². The normalized spacial score (nSPS) is 10.7. The van der Waals surface area contributed by atoms with E-state index in [1.807, 2.05) is 24.3 Å². The number of amides is 2. The maximum Gasteiger partial charge on any atom is 0.303 e. The molecule has 0 saturated carbocycles. The number of rotatable bonds is 4. The highest BCUT2D eigenvalue weighted by Crippen LogP contribution is 2.24. The number of hydrogen-bond acceptors (Lipinski definition) is 4. The fraction of sp³-hybridized carbons (Fsp3) is 0.125. The molecule has 3 aromatic rings. The third kappa shape index (κ3) is 3.17. The summed E-state index contributed by atoms with van der Waals surface area (Å²) < 4.78 is 0. The quantitative estimate of drug-likeness (QED) is 0.539. The Labute approximate surface area is 135 Å². The van der Waals surface area contributed by atoms with Crippen molar-refractivity contribution in [3.05, 3.63) is 42.2 Å². The summed E-state index contributed by atoms with van der Waals surface area (Å²) in [7, 11) is 0. The zero-order valence-corrected chi connectivity index (χ0v) is 12.5. The summed E-state index contributed by atoms with van der Waals surface area (Å²) in [4.78, 5) is 41.1. The van der Waals surface area contributed by atoms with E-state index in [0.717, 1.165) is 21.8 Å². The van der Waals surface area contributed by atoms with Gasteiger partial charge < -0.3 is 10.1 Å². The van der Waals surface area contributed by atoms with Gasteiger partial charge in [0.05, 0.1) is 18.1 Å². The molecule has 2 heterocycles. The molecule has 8 nitrogen and oxygen atoms in total. The minimum absolute atomic E-state index is 0.144. The van der Waals surface area contributed by atoms with Gasteiger partial charge in [0.15, 0.2) is 0 Å². The van der Waals surface area contributed by atoms with Gasteiger partial charge in [-0.05, 0) is 12.1 Å². The van der Waals surface area contributed by atoms with E-state index in [0.29, 0.717) is 0 Å². The van der Waals surface area contributed by atoms with Crippen molar-refractivity contribution in [1.29, 1.82) is 0 Å². The molecule has 0 atom stereocenters. The van der Waals surface area contributed by atoms with Gasteiger partial charge in [-0.15, -0.1) is 0 Å². The predicted octanol–water partition coefficient (Wildman–Crippen LogP) is 1.34. The van der Waals surface area contributed by atoms with Gasteiger partial charge in [0.2, 0.25) is 5.91 Å². The molecule has 0 radical (unpaired) electrons. The van der Waals surface area contributed by atoms with Gasteiger partial charge in [0.25, 0.3) is 5.91 Å². The molecule has 0 unspecified atom stereocenters. The highest BCUT2D eigenvalue weighted by atomic mass is 16.4. The van der Waals surface area contributed by atoms with Gasteiger partial charge >= 0.3 is 5.97 Å². The number of nitrogens with zero attached hydrogens (tertiary/aromatic N) is 1. The van der Waals surface area contributed by atoms with E-state index in [4.69, 9.17) is 5.11 Å². The highest BCUT2D eigenvalue weighted by Gasteiger charge is 2.12. The molecule has 2 amide bonds. The van der Waals surface area contributed by atoms with Crippen LogP contribution in [0.15, 0.2) is 36.5 Å². The lowest BCUT2D eigenvalue weighted by Gasteiger charge is -2.06. The number of para-hydroxylation sites is 1. The Balaban J connectivity index is 1.74. The second kappa shape index (κ2) is 6.37. The fourth-order valence-corrected chi connectivity index (χ4v) is 2.35. The van der Waals surface area contributed by atoms with Crippen LogP contribution in [-0.2, 0) is 9.59 Å². The molecular formula is C16H14N4O4. The third-order valence-electron chi connectivity index (χ3n) is 3.50. The van der Waals surface area contributed by atoms with Crippen LogP contribution >= 0.6 is 0 Å². The Morgan fingerprint density at radius 3 is 2.62 bits per heavy atom. The number of carboxylic acid groups (broad SMARTS) is 1. The predicted molar refractivity (Wildman–Crippen MR) is 86.1 cm³/mol. The Morgan fingerprint density at radius 2 is 1.83 bits per heavy atom. The number of carboxylic acids is 1. The molecule has 0 bridgehead atoms. The smallest absolute Gasteiger partial charge is 0.303 e. The molecule has 0 fully saturated rings. The first-order valence-corrected chi connectivity index (χ1v) is 7.22. The number of hydrazine groups is 1. The number of carbonyl (C=O) groups excluding carboxylic acids is 2. The Kier molecular flexibility index (Phi) is 4.11. The molecule has 0 saturated heterocycles. The second-order valence-electron chi connectivity index (χ2n) is 5.18. The molecule has 1 aromatic carbocycles. The van der Waals surface area contributed by atoms with Crippen LogP contribution in [-0.4, -0.2) is 32.9 Å². The van der Waals surface area contributed by atoms with E-state index >= 15 is 0 Å². The molecule has 8 heteroatoms. The highest BCUT2D eigenvalue weighted by molar-refractivity contribution is 6.09. The van der Waals surface area contributed by atoms with E-state index < -0.39 is 17.8 Å². The molecule has 3 rings (SSSR count). The summed E-state index contributed by atoms with van der Waals surface area (Å²) in [6.07, 6.45) is 1.03. The zero-order chi connectivity index (χ0) is 17.1. The monoisotopic (exact) mass is 326 g/mol. The number of aromatic amines is 1.